The highest BCUT2D eigenvalue weighted by molar-refractivity contribution is 6.30. The van der Waals surface area contributed by atoms with Gasteiger partial charge >= 0.3 is 5.97 Å². The van der Waals surface area contributed by atoms with Gasteiger partial charge in [0.15, 0.2) is 11.3 Å². The zero-order chi connectivity index (χ0) is 19.1. The van der Waals surface area contributed by atoms with Crippen LogP contribution in [0.5, 0.6) is 0 Å². The monoisotopic (exact) mass is 385 g/mol. The average molecular weight is 386 g/mol. The molecule has 0 fully saturated rings. The van der Waals surface area contributed by atoms with Crippen LogP contribution < -0.4 is 0 Å². The van der Waals surface area contributed by atoms with E-state index in [1.807, 2.05) is 0 Å². The molecule has 2 aromatic heterocycles. The van der Waals surface area contributed by atoms with Crippen molar-refractivity contribution in [1.29, 1.82) is 0 Å². The van der Waals surface area contributed by atoms with Crippen LogP contribution >= 0.6 is 11.6 Å². The molecule has 2 aromatic carbocycles. The molecule has 0 radical (unpaired) electrons. The minimum atomic E-state index is -1.23. The maximum atomic E-state index is 13.7. The van der Waals surface area contributed by atoms with Crippen molar-refractivity contribution in [2.75, 3.05) is 0 Å². The Bertz CT molecular complexity index is 1170. The number of nitrogens with zero attached hydrogens (tertiary/aromatic N) is 3. The van der Waals surface area contributed by atoms with Crippen molar-refractivity contribution >= 4 is 23.2 Å². The summed E-state index contributed by atoms with van der Waals surface area (Å²) >= 11 is 5.91. The summed E-state index contributed by atoms with van der Waals surface area (Å²) in [6.45, 7) is 0. The summed E-state index contributed by atoms with van der Waals surface area (Å²) in [6, 6.07) is 12.8. The Kier molecular flexibility index (Phi) is 4.08. The molecule has 134 valence electrons. The molecule has 8 heteroatoms. The molecule has 0 atom stereocenters. The van der Waals surface area contributed by atoms with Gasteiger partial charge in [-0.15, -0.1) is 0 Å². The minimum absolute atomic E-state index is 0.204. The Hall–Kier alpha value is -3.32. The highest BCUT2D eigenvalue weighted by Crippen LogP contribution is 2.28. The van der Waals surface area contributed by atoms with Crippen LogP contribution in [-0.4, -0.2) is 25.7 Å². The van der Waals surface area contributed by atoms with E-state index >= 15 is 0 Å². The first-order valence-corrected chi connectivity index (χ1v) is 8.15. The van der Waals surface area contributed by atoms with Gasteiger partial charge in [-0.25, -0.2) is 23.1 Å². The lowest BCUT2D eigenvalue weighted by Gasteiger charge is -2.09. The molecular weight excluding hydrogens is 376 g/mol. The predicted molar refractivity (Wildman–Crippen MR) is 95.7 cm³/mol. The van der Waals surface area contributed by atoms with Gasteiger partial charge in [0, 0.05) is 28.3 Å². The second-order valence-electron chi connectivity index (χ2n) is 5.80. The van der Waals surface area contributed by atoms with E-state index in [4.69, 9.17) is 11.6 Å². The molecule has 2 heterocycles. The molecule has 0 aliphatic rings. The third kappa shape index (κ3) is 3.24. The highest BCUT2D eigenvalue weighted by Gasteiger charge is 2.16. The van der Waals surface area contributed by atoms with Gasteiger partial charge in [-0.05, 0) is 30.3 Å². The van der Waals surface area contributed by atoms with Gasteiger partial charge in [-0.3, -0.25) is 0 Å². The lowest BCUT2D eigenvalue weighted by atomic mass is 10.1. The van der Waals surface area contributed by atoms with E-state index < -0.39 is 17.6 Å². The van der Waals surface area contributed by atoms with Gasteiger partial charge in [0.25, 0.3) is 0 Å². The second kappa shape index (κ2) is 6.44. The van der Waals surface area contributed by atoms with Crippen LogP contribution in [0.3, 0.4) is 0 Å². The number of benzene rings is 2. The summed E-state index contributed by atoms with van der Waals surface area (Å²) in [5.41, 5.74) is 1.70. The van der Waals surface area contributed by atoms with Crippen molar-refractivity contribution in [2.45, 2.75) is 0 Å². The fraction of sp³-hybridized carbons (Fsp3) is 0. The van der Waals surface area contributed by atoms with Gasteiger partial charge in [0.1, 0.15) is 11.6 Å². The normalized spacial score (nSPS) is 11.1. The third-order valence-electron chi connectivity index (χ3n) is 3.94. The Morgan fingerprint density at radius 1 is 0.963 bits per heavy atom. The molecule has 4 rings (SSSR count). The van der Waals surface area contributed by atoms with Crippen LogP contribution in [0.15, 0.2) is 54.6 Å². The van der Waals surface area contributed by atoms with Crippen LogP contribution in [0.4, 0.5) is 8.78 Å². The van der Waals surface area contributed by atoms with Crippen molar-refractivity contribution in [2.24, 2.45) is 0 Å². The van der Waals surface area contributed by atoms with Gasteiger partial charge in [0.2, 0.25) is 0 Å². The number of aromatic carboxylic acids is 1. The topological polar surface area (TPSA) is 67.5 Å². The van der Waals surface area contributed by atoms with Gasteiger partial charge < -0.3 is 5.11 Å². The molecule has 0 saturated heterocycles. The lowest BCUT2D eigenvalue weighted by molar-refractivity contribution is 0.0690. The van der Waals surface area contributed by atoms with E-state index in [0.717, 1.165) is 18.2 Å². The Balaban J connectivity index is 2.01. The van der Waals surface area contributed by atoms with Gasteiger partial charge in [-0.1, -0.05) is 23.7 Å². The zero-order valence-electron chi connectivity index (χ0n) is 13.5. The van der Waals surface area contributed by atoms with Crippen LogP contribution in [-0.2, 0) is 0 Å². The van der Waals surface area contributed by atoms with Crippen LogP contribution in [0.1, 0.15) is 10.5 Å². The first-order chi connectivity index (χ1) is 12.9. The molecule has 0 unspecified atom stereocenters. The molecule has 1 N–H and O–H groups in total. The molecule has 27 heavy (non-hydrogen) atoms. The van der Waals surface area contributed by atoms with Crippen molar-refractivity contribution < 1.29 is 18.7 Å². The standard InChI is InChI=1S/C19H10ClF2N3O2/c20-12-3-1-10(2-4-12)15-8-17(11-5-13(21)7-14(22)6-11)25-18(23-15)9-16(24-25)19(26)27/h1-9H,(H,26,27). The molecule has 0 aliphatic carbocycles. The Morgan fingerprint density at radius 2 is 1.63 bits per heavy atom. The number of fused-ring (bicyclic) bond motifs is 1. The highest BCUT2D eigenvalue weighted by atomic mass is 35.5. The first kappa shape index (κ1) is 17.1. The SMILES string of the molecule is O=C(O)c1cc2nc(-c3ccc(Cl)cc3)cc(-c3cc(F)cc(F)c3)n2n1. The smallest absolute Gasteiger partial charge is 0.356 e. The summed E-state index contributed by atoms with van der Waals surface area (Å²) in [6.07, 6.45) is 0. The Morgan fingerprint density at radius 3 is 2.26 bits per heavy atom. The minimum Gasteiger partial charge on any atom is -0.476 e. The van der Waals surface area contributed by atoms with Gasteiger partial charge in [0.05, 0.1) is 11.4 Å². The van der Waals surface area contributed by atoms with E-state index in [-0.39, 0.29) is 16.9 Å². The summed E-state index contributed by atoms with van der Waals surface area (Å²) in [4.78, 5) is 15.7. The average Bonchev–Trinajstić information content (AvgIpc) is 3.05. The van der Waals surface area contributed by atoms with Crippen molar-refractivity contribution in [3.8, 4) is 22.5 Å². The van der Waals surface area contributed by atoms with Crippen molar-refractivity contribution in [3.63, 3.8) is 0 Å². The predicted octanol–water partition coefficient (Wildman–Crippen LogP) is 4.69. The molecular formula is C19H10ClF2N3O2. The van der Waals surface area contributed by atoms with Crippen LogP contribution in [0.25, 0.3) is 28.2 Å². The number of hydrogen-bond acceptors (Lipinski definition) is 3. The number of hydrogen-bond donors (Lipinski definition) is 1. The molecule has 0 amide bonds. The zero-order valence-corrected chi connectivity index (χ0v) is 14.3. The van der Waals surface area contributed by atoms with Crippen LogP contribution in [0.2, 0.25) is 5.02 Å². The van der Waals surface area contributed by atoms with Crippen molar-refractivity contribution in [3.05, 3.63) is 76.9 Å². The number of carboxylic acids is 1. The van der Waals surface area contributed by atoms with E-state index in [1.54, 1.807) is 30.3 Å². The first-order valence-electron chi connectivity index (χ1n) is 7.77. The van der Waals surface area contributed by atoms with E-state index in [2.05, 4.69) is 10.1 Å². The molecule has 0 bridgehead atoms. The summed E-state index contributed by atoms with van der Waals surface area (Å²) < 4.78 is 28.7. The van der Waals surface area contributed by atoms with E-state index in [9.17, 15) is 18.7 Å². The van der Waals surface area contributed by atoms with Gasteiger partial charge in [-0.2, -0.15) is 5.10 Å². The Labute approximate surface area is 156 Å². The largest absolute Gasteiger partial charge is 0.476 e. The maximum absolute atomic E-state index is 13.7. The van der Waals surface area contributed by atoms with E-state index in [0.29, 0.717) is 22.0 Å². The summed E-state index contributed by atoms with van der Waals surface area (Å²) in [5, 5.41) is 13.7. The number of rotatable bonds is 3. The lowest BCUT2D eigenvalue weighted by Crippen LogP contribution is -2.01. The fourth-order valence-corrected chi connectivity index (χ4v) is 2.88. The number of halogens is 3. The third-order valence-corrected chi connectivity index (χ3v) is 4.20. The number of aromatic nitrogens is 3. The molecule has 5 nitrogen and oxygen atoms in total. The molecule has 0 aliphatic heterocycles. The summed E-state index contributed by atoms with van der Waals surface area (Å²) in [5.74, 6) is -2.74. The molecule has 0 saturated carbocycles. The quantitative estimate of drug-likeness (QED) is 0.555. The number of carbonyl (C=O) groups is 1. The second-order valence-corrected chi connectivity index (χ2v) is 6.23. The molecule has 0 spiro atoms. The maximum Gasteiger partial charge on any atom is 0.356 e. The van der Waals surface area contributed by atoms with Crippen molar-refractivity contribution in [1.82, 2.24) is 14.6 Å². The fourth-order valence-electron chi connectivity index (χ4n) is 2.75. The van der Waals surface area contributed by atoms with E-state index in [1.165, 1.54) is 10.6 Å². The van der Waals surface area contributed by atoms with Crippen LogP contribution in [0, 0.1) is 11.6 Å². The molecule has 4 aromatic rings. The number of carboxylic acid groups (broad SMARTS) is 1. The summed E-state index contributed by atoms with van der Waals surface area (Å²) in [7, 11) is 0.